The van der Waals surface area contributed by atoms with Gasteiger partial charge in [-0.25, -0.2) is 0 Å². The van der Waals surface area contributed by atoms with Gasteiger partial charge in [-0.15, -0.1) is 6.26 Å². The maximum absolute atomic E-state index is 11.6. The molecule has 0 radical (unpaired) electrons. The van der Waals surface area contributed by atoms with E-state index in [9.17, 15) is 9.90 Å². The van der Waals surface area contributed by atoms with Crippen LogP contribution in [0.25, 0.3) is 11.1 Å². The Balaban J connectivity index is 0.00000133. The zero-order valence-electron chi connectivity index (χ0n) is 10.7. The van der Waals surface area contributed by atoms with Crippen molar-refractivity contribution in [1.82, 2.24) is 0 Å². The number of carbonyl (C=O) groups excluding carboxylic acids is 1. The molecule has 0 unspecified atom stereocenters. The van der Waals surface area contributed by atoms with Crippen LogP contribution in [0.5, 0.6) is 0 Å². The molecule has 0 fully saturated rings. The summed E-state index contributed by atoms with van der Waals surface area (Å²) < 4.78 is 0. The summed E-state index contributed by atoms with van der Waals surface area (Å²) >= 11 is 0. The summed E-state index contributed by atoms with van der Waals surface area (Å²) in [4.78, 5) is 11.6. The van der Waals surface area contributed by atoms with E-state index >= 15 is 0 Å². The van der Waals surface area contributed by atoms with Crippen molar-refractivity contribution in [3.63, 3.8) is 0 Å². The second kappa shape index (κ2) is 5.74. The first-order valence-corrected chi connectivity index (χ1v) is 5.83. The molecule has 0 saturated carbocycles. The van der Waals surface area contributed by atoms with Gasteiger partial charge in [0.25, 0.3) is 0 Å². The van der Waals surface area contributed by atoms with Crippen LogP contribution in [0.1, 0.15) is 21.5 Å². The number of hydrogen-bond acceptors (Lipinski definition) is 2. The van der Waals surface area contributed by atoms with Crippen molar-refractivity contribution < 1.29 is 39.5 Å². The number of allylic oxidation sites excluding steroid dienone is 1. The van der Waals surface area contributed by atoms with Crippen LogP contribution < -0.4 is 34.7 Å². The van der Waals surface area contributed by atoms with Gasteiger partial charge in [0.1, 0.15) is 0 Å². The molecule has 0 atom stereocenters. The van der Waals surface area contributed by atoms with Crippen LogP contribution in [0.4, 0.5) is 0 Å². The minimum Gasteiger partial charge on any atom is -0.878 e. The Morgan fingerprint density at radius 1 is 1.05 bits per heavy atom. The summed E-state index contributed by atoms with van der Waals surface area (Å²) in [6.07, 6.45) is 2.45. The number of ketones is 1. The second-order valence-electron chi connectivity index (χ2n) is 4.37. The number of carbonyl (C=O) groups is 1. The molecule has 0 N–H and O–H groups in total. The van der Waals surface area contributed by atoms with Crippen LogP contribution in [-0.2, 0) is 6.42 Å². The fourth-order valence-corrected chi connectivity index (χ4v) is 2.46. The first-order valence-electron chi connectivity index (χ1n) is 5.83. The first kappa shape index (κ1) is 14.1. The summed E-state index contributed by atoms with van der Waals surface area (Å²) in [5.41, 5.74) is 5.45. The minimum absolute atomic E-state index is 0. The van der Waals surface area contributed by atoms with Crippen LogP contribution in [0.2, 0.25) is 0 Å². The Morgan fingerprint density at radius 3 is 2.58 bits per heavy atom. The number of fused-ring (bicyclic) bond motifs is 3. The monoisotopic (exact) mass is 258 g/mol. The van der Waals surface area contributed by atoms with E-state index in [1.54, 1.807) is 6.07 Å². The molecule has 3 rings (SSSR count). The van der Waals surface area contributed by atoms with Gasteiger partial charge < -0.3 is 5.11 Å². The van der Waals surface area contributed by atoms with E-state index in [4.69, 9.17) is 0 Å². The van der Waals surface area contributed by atoms with E-state index in [2.05, 4.69) is 12.1 Å². The van der Waals surface area contributed by atoms with Crippen LogP contribution >= 0.6 is 0 Å². The quantitative estimate of drug-likeness (QED) is 0.264. The smallest absolute Gasteiger partial charge is 0.878 e. The normalized spacial score (nSPS) is 11.8. The predicted octanol–water partition coefficient (Wildman–Crippen LogP) is -0.681. The number of rotatable bonds is 2. The van der Waals surface area contributed by atoms with E-state index in [1.165, 1.54) is 16.7 Å². The average molecular weight is 258 g/mol. The summed E-state index contributed by atoms with van der Waals surface area (Å²) in [7, 11) is 0. The van der Waals surface area contributed by atoms with Crippen molar-refractivity contribution in [1.29, 1.82) is 0 Å². The van der Waals surface area contributed by atoms with Crippen molar-refractivity contribution in [3.8, 4) is 11.1 Å². The SMILES string of the molecule is O=C(C=C[O-])c1ccc2c(c1)Cc1ccccc1-2.[Na+]. The Bertz CT molecular complexity index is 660. The topological polar surface area (TPSA) is 40.1 Å². The maximum Gasteiger partial charge on any atom is 1.00 e. The molecule has 88 valence electrons. The maximum atomic E-state index is 11.6. The van der Waals surface area contributed by atoms with Gasteiger partial charge in [0.15, 0.2) is 5.78 Å². The average Bonchev–Trinajstić information content (AvgIpc) is 2.76. The van der Waals surface area contributed by atoms with Crippen LogP contribution in [0, 0.1) is 0 Å². The van der Waals surface area contributed by atoms with Crippen molar-refractivity contribution >= 4 is 5.78 Å². The number of hydrogen-bond donors (Lipinski definition) is 0. The van der Waals surface area contributed by atoms with Gasteiger partial charge in [-0.3, -0.25) is 4.79 Å². The van der Waals surface area contributed by atoms with Crippen molar-refractivity contribution in [3.05, 3.63) is 71.5 Å². The minimum atomic E-state index is -0.233. The van der Waals surface area contributed by atoms with Gasteiger partial charge in [-0.05, 0) is 40.8 Å². The Morgan fingerprint density at radius 2 is 1.79 bits per heavy atom. The Labute approximate surface area is 134 Å². The Kier molecular flexibility index (Phi) is 4.25. The molecule has 1 aliphatic carbocycles. The van der Waals surface area contributed by atoms with Crippen LogP contribution in [-0.4, -0.2) is 5.78 Å². The Hall–Kier alpha value is -1.35. The molecule has 0 amide bonds. The van der Waals surface area contributed by atoms with E-state index in [1.807, 2.05) is 24.3 Å². The fourth-order valence-electron chi connectivity index (χ4n) is 2.46. The molecular weight excluding hydrogens is 247 g/mol. The molecule has 3 heteroatoms. The third-order valence-corrected chi connectivity index (χ3v) is 3.30. The van der Waals surface area contributed by atoms with Gasteiger partial charge in [-0.1, -0.05) is 36.4 Å². The predicted molar refractivity (Wildman–Crippen MR) is 68.2 cm³/mol. The van der Waals surface area contributed by atoms with Gasteiger partial charge in [-0.2, -0.15) is 0 Å². The largest absolute Gasteiger partial charge is 1.00 e. The summed E-state index contributed by atoms with van der Waals surface area (Å²) in [5.74, 6) is -0.233. The standard InChI is InChI=1S/C16H12O2.Na/c17-8-7-16(18)12-5-6-15-13(10-12)9-11-3-1-2-4-14(11)15;/h1-8,10,17H,9H2;/q;+1/p-1. The molecule has 1 aliphatic rings. The molecule has 0 aliphatic heterocycles. The van der Waals surface area contributed by atoms with E-state index in [0.29, 0.717) is 11.8 Å². The first-order chi connectivity index (χ1) is 8.79. The van der Waals surface area contributed by atoms with Gasteiger partial charge in [0, 0.05) is 5.56 Å². The van der Waals surface area contributed by atoms with Gasteiger partial charge in [0.05, 0.1) is 0 Å². The van der Waals surface area contributed by atoms with E-state index in [-0.39, 0.29) is 35.3 Å². The van der Waals surface area contributed by atoms with E-state index < -0.39 is 0 Å². The molecule has 0 aromatic heterocycles. The third-order valence-electron chi connectivity index (χ3n) is 3.30. The van der Waals surface area contributed by atoms with Crippen molar-refractivity contribution in [2.24, 2.45) is 0 Å². The molecule has 0 heterocycles. The van der Waals surface area contributed by atoms with E-state index in [0.717, 1.165) is 18.1 Å². The summed E-state index contributed by atoms with van der Waals surface area (Å²) in [6, 6.07) is 13.9. The molecule has 19 heavy (non-hydrogen) atoms. The molecule has 0 saturated heterocycles. The molecule has 2 aromatic carbocycles. The fraction of sp³-hybridized carbons (Fsp3) is 0.0625. The van der Waals surface area contributed by atoms with Crippen molar-refractivity contribution in [2.75, 3.05) is 0 Å². The molecule has 0 bridgehead atoms. The molecule has 2 aromatic rings. The summed E-state index contributed by atoms with van der Waals surface area (Å²) in [6.45, 7) is 0. The molecular formula is C16H11NaO2. The molecule has 0 spiro atoms. The molecule has 2 nitrogen and oxygen atoms in total. The number of benzene rings is 2. The van der Waals surface area contributed by atoms with Gasteiger partial charge in [0.2, 0.25) is 0 Å². The van der Waals surface area contributed by atoms with Crippen LogP contribution in [0.3, 0.4) is 0 Å². The van der Waals surface area contributed by atoms with Crippen molar-refractivity contribution in [2.45, 2.75) is 6.42 Å². The zero-order valence-corrected chi connectivity index (χ0v) is 12.7. The van der Waals surface area contributed by atoms with Gasteiger partial charge >= 0.3 is 29.6 Å². The second-order valence-corrected chi connectivity index (χ2v) is 4.37. The third kappa shape index (κ3) is 2.52. The zero-order chi connectivity index (χ0) is 12.5. The summed E-state index contributed by atoms with van der Waals surface area (Å²) in [5, 5.41) is 10.3. The van der Waals surface area contributed by atoms with Crippen LogP contribution in [0.15, 0.2) is 54.8 Å².